The summed E-state index contributed by atoms with van der Waals surface area (Å²) in [6.45, 7) is 18.3. The van der Waals surface area contributed by atoms with Gasteiger partial charge in [0, 0.05) is 0 Å². The van der Waals surface area contributed by atoms with Crippen molar-refractivity contribution in [2.24, 2.45) is 45.3 Å². The summed E-state index contributed by atoms with van der Waals surface area (Å²) < 4.78 is 0. The molecule has 4 saturated carbocycles. The van der Waals surface area contributed by atoms with Crippen LogP contribution in [0, 0.1) is 45.3 Å². The number of allylic oxidation sites excluding steroid dienone is 2. The number of rotatable bonds is 4. The molecule has 3 nitrogen and oxygen atoms in total. The van der Waals surface area contributed by atoms with Gasteiger partial charge in [0.15, 0.2) is 0 Å². The van der Waals surface area contributed by atoms with Gasteiger partial charge in [-0.05, 0) is 124 Å². The second-order valence-corrected chi connectivity index (χ2v) is 14.5. The van der Waals surface area contributed by atoms with Crippen molar-refractivity contribution in [1.29, 1.82) is 0 Å². The Morgan fingerprint density at radius 2 is 1.55 bits per heavy atom. The maximum Gasteiger partial charge on any atom is 0.0654 e. The van der Waals surface area contributed by atoms with Crippen molar-refractivity contribution in [3.05, 3.63) is 11.6 Å². The van der Waals surface area contributed by atoms with Gasteiger partial charge in [-0.15, -0.1) is 0 Å². The highest BCUT2D eigenvalue weighted by molar-refractivity contribution is 5.20. The lowest BCUT2D eigenvalue weighted by molar-refractivity contribution is -0.246. The minimum Gasteiger partial charge on any atom is -0.393 e. The van der Waals surface area contributed by atoms with E-state index in [9.17, 15) is 15.3 Å². The van der Waals surface area contributed by atoms with Crippen LogP contribution < -0.4 is 0 Å². The standard InChI is InChI=1S/C30H52O3/c1-19(2)10-9-14-30(8,33)20-11-16-29(7)25(20)21(31)18-23-27(5)15-13-24(32)26(3,4)22(27)12-17-28(23,29)6/h10,20-25,31-33H,9,11-18H2,1-8H3/t20-,21+,22?,23+,24+,25+,27-,28+,29-,30-/m0/s1. The number of fused-ring (bicyclic) bond motifs is 5. The maximum absolute atomic E-state index is 11.8. The third-order valence-corrected chi connectivity index (χ3v) is 12.4. The summed E-state index contributed by atoms with van der Waals surface area (Å²) in [4.78, 5) is 0. The molecule has 3 heteroatoms. The molecule has 3 N–H and O–H groups in total. The summed E-state index contributed by atoms with van der Waals surface area (Å²) in [5.41, 5.74) is 0.885. The Balaban J connectivity index is 1.66. The highest BCUT2D eigenvalue weighted by Crippen LogP contribution is 2.75. The normalized spacial score (nSPS) is 50.5. The smallest absolute Gasteiger partial charge is 0.0654 e. The molecule has 33 heavy (non-hydrogen) atoms. The highest BCUT2D eigenvalue weighted by atomic mass is 16.3. The van der Waals surface area contributed by atoms with E-state index in [1.165, 1.54) is 18.4 Å². The number of hydrogen-bond donors (Lipinski definition) is 3. The Labute approximate surface area is 203 Å². The van der Waals surface area contributed by atoms with Crippen molar-refractivity contribution in [2.75, 3.05) is 0 Å². The molecule has 1 unspecified atom stereocenters. The molecule has 0 aliphatic heterocycles. The molecule has 0 bridgehead atoms. The molecular weight excluding hydrogens is 408 g/mol. The van der Waals surface area contributed by atoms with Gasteiger partial charge >= 0.3 is 0 Å². The molecule has 0 aromatic heterocycles. The predicted octanol–water partition coefficient (Wildman–Crippen LogP) is 6.50. The zero-order valence-electron chi connectivity index (χ0n) is 22.7. The van der Waals surface area contributed by atoms with Gasteiger partial charge in [0.1, 0.15) is 0 Å². The fourth-order valence-electron chi connectivity index (χ4n) is 10.3. The van der Waals surface area contributed by atoms with E-state index < -0.39 is 5.60 Å². The van der Waals surface area contributed by atoms with E-state index in [0.29, 0.717) is 11.8 Å². The van der Waals surface area contributed by atoms with E-state index in [4.69, 9.17) is 0 Å². The molecule has 190 valence electrons. The Morgan fingerprint density at radius 1 is 0.909 bits per heavy atom. The fraction of sp³-hybridized carbons (Fsp3) is 0.933. The van der Waals surface area contributed by atoms with Gasteiger partial charge in [-0.1, -0.05) is 46.3 Å². The molecule has 4 aliphatic rings. The zero-order chi connectivity index (χ0) is 24.6. The molecular formula is C30H52O3. The second kappa shape index (κ2) is 8.07. The molecule has 0 amide bonds. The van der Waals surface area contributed by atoms with Crippen LogP contribution in [-0.2, 0) is 0 Å². The van der Waals surface area contributed by atoms with Crippen molar-refractivity contribution in [2.45, 2.75) is 131 Å². The number of hydrogen-bond acceptors (Lipinski definition) is 3. The van der Waals surface area contributed by atoms with E-state index in [0.717, 1.165) is 44.9 Å². The Morgan fingerprint density at radius 3 is 2.18 bits per heavy atom. The SMILES string of the molecule is CC(C)=CCC[C@](C)(O)[C@H]1CC[C@@]2(C)[C@H]1[C@H](O)C[C@@H]1[C@@]3(C)CC[C@@H](O)C(C)(C)C3CC[C@]12C. The highest BCUT2D eigenvalue weighted by Gasteiger charge is 2.71. The first-order valence-electron chi connectivity index (χ1n) is 13.8. The van der Waals surface area contributed by atoms with Crippen molar-refractivity contribution < 1.29 is 15.3 Å². The van der Waals surface area contributed by atoms with E-state index in [1.54, 1.807) is 0 Å². The molecule has 10 atom stereocenters. The van der Waals surface area contributed by atoms with E-state index in [1.807, 2.05) is 6.92 Å². The summed E-state index contributed by atoms with van der Waals surface area (Å²) in [5.74, 6) is 1.31. The first kappa shape index (κ1) is 25.7. The predicted molar refractivity (Wildman–Crippen MR) is 136 cm³/mol. The molecule has 0 aromatic carbocycles. The van der Waals surface area contributed by atoms with E-state index >= 15 is 0 Å². The van der Waals surface area contributed by atoms with Crippen LogP contribution in [0.3, 0.4) is 0 Å². The Bertz CT molecular complexity index is 779. The second-order valence-electron chi connectivity index (χ2n) is 14.5. The lowest BCUT2D eigenvalue weighted by Gasteiger charge is -2.70. The van der Waals surface area contributed by atoms with E-state index in [2.05, 4.69) is 54.5 Å². The topological polar surface area (TPSA) is 60.7 Å². The number of aliphatic hydroxyl groups excluding tert-OH is 2. The lowest BCUT2D eigenvalue weighted by Crippen LogP contribution is -2.66. The molecule has 0 saturated heterocycles. The third-order valence-electron chi connectivity index (χ3n) is 12.4. The molecule has 4 rings (SSSR count). The third kappa shape index (κ3) is 3.61. The monoisotopic (exact) mass is 460 g/mol. The fourth-order valence-corrected chi connectivity index (χ4v) is 10.3. The maximum atomic E-state index is 11.8. The Kier molecular flexibility index (Phi) is 6.28. The largest absolute Gasteiger partial charge is 0.393 e. The van der Waals surface area contributed by atoms with Gasteiger partial charge in [0.05, 0.1) is 17.8 Å². The van der Waals surface area contributed by atoms with Crippen LogP contribution >= 0.6 is 0 Å². The molecule has 0 spiro atoms. The van der Waals surface area contributed by atoms with Gasteiger partial charge in [0.25, 0.3) is 0 Å². The summed E-state index contributed by atoms with van der Waals surface area (Å²) in [5, 5.41) is 34.3. The summed E-state index contributed by atoms with van der Waals surface area (Å²) in [6.07, 6.45) is 10.6. The van der Waals surface area contributed by atoms with Crippen LogP contribution in [0.1, 0.15) is 113 Å². The van der Waals surface area contributed by atoms with Crippen LogP contribution in [0.15, 0.2) is 11.6 Å². The Hall–Kier alpha value is -0.380. The summed E-state index contributed by atoms with van der Waals surface area (Å²) in [6, 6.07) is 0. The van der Waals surface area contributed by atoms with Crippen LogP contribution in [0.25, 0.3) is 0 Å². The first-order chi connectivity index (χ1) is 15.1. The van der Waals surface area contributed by atoms with E-state index in [-0.39, 0.29) is 45.7 Å². The van der Waals surface area contributed by atoms with Crippen LogP contribution in [-0.4, -0.2) is 33.1 Å². The average molecular weight is 461 g/mol. The summed E-state index contributed by atoms with van der Waals surface area (Å²) >= 11 is 0. The van der Waals surface area contributed by atoms with Gasteiger partial charge in [-0.25, -0.2) is 0 Å². The minimum absolute atomic E-state index is 0.0503. The molecule has 0 radical (unpaired) electrons. The van der Waals surface area contributed by atoms with Crippen LogP contribution in [0.4, 0.5) is 0 Å². The quantitative estimate of drug-likeness (QED) is 0.420. The molecule has 0 heterocycles. The number of aliphatic hydroxyl groups is 3. The van der Waals surface area contributed by atoms with Crippen molar-refractivity contribution in [3.63, 3.8) is 0 Å². The van der Waals surface area contributed by atoms with Gasteiger partial charge < -0.3 is 15.3 Å². The van der Waals surface area contributed by atoms with Crippen molar-refractivity contribution >= 4 is 0 Å². The average Bonchev–Trinajstić information content (AvgIpc) is 3.08. The zero-order valence-corrected chi connectivity index (χ0v) is 22.7. The lowest BCUT2D eigenvalue weighted by atomic mass is 9.35. The van der Waals surface area contributed by atoms with Gasteiger partial charge in [-0.2, -0.15) is 0 Å². The molecule has 4 fully saturated rings. The molecule has 0 aromatic rings. The van der Waals surface area contributed by atoms with Gasteiger partial charge in [0.2, 0.25) is 0 Å². The summed E-state index contributed by atoms with van der Waals surface area (Å²) in [7, 11) is 0. The van der Waals surface area contributed by atoms with Gasteiger partial charge in [-0.3, -0.25) is 0 Å². The minimum atomic E-state index is -0.739. The van der Waals surface area contributed by atoms with Crippen LogP contribution in [0.5, 0.6) is 0 Å². The van der Waals surface area contributed by atoms with Crippen LogP contribution in [0.2, 0.25) is 0 Å². The molecule has 4 aliphatic carbocycles. The first-order valence-corrected chi connectivity index (χ1v) is 13.8. The van der Waals surface area contributed by atoms with Crippen molar-refractivity contribution in [1.82, 2.24) is 0 Å². The van der Waals surface area contributed by atoms with Crippen molar-refractivity contribution in [3.8, 4) is 0 Å².